The van der Waals surface area contributed by atoms with Crippen molar-refractivity contribution in [2.75, 3.05) is 0 Å². The lowest BCUT2D eigenvalue weighted by molar-refractivity contribution is -0.157. The lowest BCUT2D eigenvalue weighted by Gasteiger charge is -2.45. The first-order chi connectivity index (χ1) is 9.38. The number of rotatable bonds is 3. The van der Waals surface area contributed by atoms with E-state index in [1.54, 1.807) is 30.9 Å². The van der Waals surface area contributed by atoms with Crippen LogP contribution in [0.2, 0.25) is 0 Å². The van der Waals surface area contributed by atoms with Gasteiger partial charge >= 0.3 is 0 Å². The molecular weight excluding hydrogens is 259 g/mol. The minimum Gasteiger partial charge on any atom is -0.343 e. The molecule has 2 unspecified atom stereocenters. The fourth-order valence-corrected chi connectivity index (χ4v) is 2.44. The van der Waals surface area contributed by atoms with Crippen LogP contribution in [-0.4, -0.2) is 28.3 Å². The topological polar surface area (TPSA) is 49.4 Å². The van der Waals surface area contributed by atoms with Crippen LogP contribution in [0.1, 0.15) is 32.8 Å². The van der Waals surface area contributed by atoms with Crippen LogP contribution in [0.5, 0.6) is 0 Å². The van der Waals surface area contributed by atoms with E-state index in [1.165, 1.54) is 12.1 Å². The Morgan fingerprint density at radius 2 is 2.10 bits per heavy atom. The molecule has 2 amide bonds. The first-order valence-corrected chi connectivity index (χ1v) is 6.75. The Kier molecular flexibility index (Phi) is 3.79. The lowest BCUT2D eigenvalue weighted by atomic mass is 9.90. The maximum Gasteiger partial charge on any atom is 0.246 e. The number of piperazine rings is 1. The number of hydrogen-bond acceptors (Lipinski definition) is 2. The third-order valence-corrected chi connectivity index (χ3v) is 3.99. The Balaban J connectivity index is 2.34. The van der Waals surface area contributed by atoms with Gasteiger partial charge in [-0.1, -0.05) is 19.1 Å². The number of nitrogens with zero attached hydrogens (tertiary/aromatic N) is 1. The standard InChI is InChI=1S/C15H19FN2O2/c1-4-15(3)14(20)17-10(2)13(19)18(15)9-11-6-5-7-12(16)8-11/h5-8,10H,4,9H2,1-3H3,(H,17,20). The van der Waals surface area contributed by atoms with Gasteiger partial charge in [-0.05, 0) is 38.0 Å². The summed E-state index contributed by atoms with van der Waals surface area (Å²) in [6.45, 7) is 5.50. The predicted molar refractivity (Wildman–Crippen MR) is 73.3 cm³/mol. The van der Waals surface area contributed by atoms with Crippen LogP contribution in [0.15, 0.2) is 24.3 Å². The summed E-state index contributed by atoms with van der Waals surface area (Å²) < 4.78 is 13.3. The number of nitrogens with one attached hydrogen (secondary N) is 1. The maximum absolute atomic E-state index is 13.3. The van der Waals surface area contributed by atoms with Crippen molar-refractivity contribution in [2.24, 2.45) is 0 Å². The Labute approximate surface area is 118 Å². The summed E-state index contributed by atoms with van der Waals surface area (Å²) in [6, 6.07) is 5.56. The molecule has 1 aromatic rings. The van der Waals surface area contributed by atoms with E-state index < -0.39 is 11.6 Å². The van der Waals surface area contributed by atoms with Gasteiger partial charge in [-0.2, -0.15) is 0 Å². The number of amides is 2. The molecule has 1 N–H and O–H groups in total. The Hall–Kier alpha value is -1.91. The molecule has 0 saturated carbocycles. The molecule has 0 spiro atoms. The smallest absolute Gasteiger partial charge is 0.246 e. The van der Waals surface area contributed by atoms with Gasteiger partial charge < -0.3 is 10.2 Å². The van der Waals surface area contributed by atoms with Crippen molar-refractivity contribution in [1.29, 1.82) is 0 Å². The second kappa shape index (κ2) is 5.23. The Bertz CT molecular complexity index is 546. The van der Waals surface area contributed by atoms with Crippen molar-refractivity contribution >= 4 is 11.8 Å². The van der Waals surface area contributed by atoms with Crippen molar-refractivity contribution in [1.82, 2.24) is 10.2 Å². The van der Waals surface area contributed by atoms with E-state index in [0.717, 1.165) is 0 Å². The van der Waals surface area contributed by atoms with E-state index in [1.807, 2.05) is 6.92 Å². The fraction of sp³-hybridized carbons (Fsp3) is 0.467. The third-order valence-electron chi connectivity index (χ3n) is 3.99. The summed E-state index contributed by atoms with van der Waals surface area (Å²) in [5.74, 6) is -0.649. The van der Waals surface area contributed by atoms with Gasteiger partial charge in [-0.3, -0.25) is 9.59 Å². The second-order valence-electron chi connectivity index (χ2n) is 5.38. The van der Waals surface area contributed by atoms with Crippen molar-refractivity contribution in [3.05, 3.63) is 35.6 Å². The minimum absolute atomic E-state index is 0.141. The first-order valence-electron chi connectivity index (χ1n) is 6.75. The molecule has 0 bridgehead atoms. The lowest BCUT2D eigenvalue weighted by Crippen LogP contribution is -2.68. The molecule has 2 atom stereocenters. The van der Waals surface area contributed by atoms with Crippen molar-refractivity contribution < 1.29 is 14.0 Å². The normalized spacial score (nSPS) is 26.6. The largest absolute Gasteiger partial charge is 0.343 e. The highest BCUT2D eigenvalue weighted by molar-refractivity contribution is 5.99. The van der Waals surface area contributed by atoms with Crippen molar-refractivity contribution in [2.45, 2.75) is 45.3 Å². The van der Waals surface area contributed by atoms with Gasteiger partial charge in [0.05, 0.1) is 0 Å². The molecular formula is C15H19FN2O2. The van der Waals surface area contributed by atoms with E-state index in [9.17, 15) is 14.0 Å². The van der Waals surface area contributed by atoms with Gasteiger partial charge in [-0.25, -0.2) is 4.39 Å². The van der Waals surface area contributed by atoms with Crippen molar-refractivity contribution in [3.63, 3.8) is 0 Å². The molecule has 108 valence electrons. The van der Waals surface area contributed by atoms with Crippen LogP contribution < -0.4 is 5.32 Å². The molecule has 1 heterocycles. The van der Waals surface area contributed by atoms with Gasteiger partial charge in [0.25, 0.3) is 0 Å². The van der Waals surface area contributed by atoms with Gasteiger partial charge in [0.15, 0.2) is 0 Å². The van der Waals surface area contributed by atoms with Gasteiger partial charge in [0.2, 0.25) is 11.8 Å². The van der Waals surface area contributed by atoms with Crippen LogP contribution in [0, 0.1) is 5.82 Å². The zero-order valence-corrected chi connectivity index (χ0v) is 11.9. The predicted octanol–water partition coefficient (Wildman–Crippen LogP) is 1.84. The van der Waals surface area contributed by atoms with E-state index in [2.05, 4.69) is 5.32 Å². The molecule has 1 aromatic carbocycles. The molecule has 2 rings (SSSR count). The number of carbonyl (C=O) groups excluding carboxylic acids is 2. The van der Waals surface area contributed by atoms with Crippen LogP contribution in [0.25, 0.3) is 0 Å². The number of halogens is 1. The van der Waals surface area contributed by atoms with Gasteiger partial charge in [0.1, 0.15) is 17.4 Å². The fourth-order valence-electron chi connectivity index (χ4n) is 2.44. The molecule has 20 heavy (non-hydrogen) atoms. The summed E-state index contributed by atoms with van der Waals surface area (Å²) in [5, 5.41) is 2.69. The molecule has 1 saturated heterocycles. The molecule has 1 aliphatic heterocycles. The molecule has 1 aliphatic rings. The number of benzene rings is 1. The average Bonchev–Trinajstić information content (AvgIpc) is 2.41. The summed E-state index contributed by atoms with van der Waals surface area (Å²) in [4.78, 5) is 26.1. The molecule has 5 heteroatoms. The van der Waals surface area contributed by atoms with Gasteiger partial charge in [0, 0.05) is 6.54 Å². The molecule has 0 aromatic heterocycles. The maximum atomic E-state index is 13.3. The van der Waals surface area contributed by atoms with E-state index in [-0.39, 0.29) is 24.2 Å². The van der Waals surface area contributed by atoms with Crippen LogP contribution >= 0.6 is 0 Å². The Morgan fingerprint density at radius 3 is 2.70 bits per heavy atom. The number of carbonyl (C=O) groups is 2. The summed E-state index contributed by atoms with van der Waals surface area (Å²) in [7, 11) is 0. The SMILES string of the molecule is CCC1(C)C(=O)NC(C)C(=O)N1Cc1cccc(F)c1. The van der Waals surface area contributed by atoms with Crippen molar-refractivity contribution in [3.8, 4) is 0 Å². The highest BCUT2D eigenvalue weighted by Crippen LogP contribution is 2.27. The Morgan fingerprint density at radius 1 is 1.40 bits per heavy atom. The third kappa shape index (κ3) is 2.40. The van der Waals surface area contributed by atoms with E-state index >= 15 is 0 Å². The van der Waals surface area contributed by atoms with Crippen LogP contribution in [-0.2, 0) is 16.1 Å². The average molecular weight is 278 g/mol. The number of hydrogen-bond donors (Lipinski definition) is 1. The zero-order chi connectivity index (χ0) is 14.9. The molecule has 0 aliphatic carbocycles. The van der Waals surface area contributed by atoms with Crippen LogP contribution in [0.4, 0.5) is 4.39 Å². The highest BCUT2D eigenvalue weighted by Gasteiger charge is 2.46. The molecule has 0 radical (unpaired) electrons. The van der Waals surface area contributed by atoms with Crippen LogP contribution in [0.3, 0.4) is 0 Å². The molecule has 4 nitrogen and oxygen atoms in total. The summed E-state index contributed by atoms with van der Waals surface area (Å²) in [5.41, 5.74) is -0.212. The monoisotopic (exact) mass is 278 g/mol. The second-order valence-corrected chi connectivity index (χ2v) is 5.38. The zero-order valence-electron chi connectivity index (χ0n) is 11.9. The van der Waals surface area contributed by atoms with E-state index in [4.69, 9.17) is 0 Å². The van der Waals surface area contributed by atoms with E-state index in [0.29, 0.717) is 12.0 Å². The first kappa shape index (κ1) is 14.5. The summed E-state index contributed by atoms with van der Waals surface area (Å²) >= 11 is 0. The summed E-state index contributed by atoms with van der Waals surface area (Å²) in [6.07, 6.45) is 0.507. The van der Waals surface area contributed by atoms with Gasteiger partial charge in [-0.15, -0.1) is 0 Å². The quantitative estimate of drug-likeness (QED) is 0.917. The highest BCUT2D eigenvalue weighted by atomic mass is 19.1. The minimum atomic E-state index is -0.893. The molecule has 1 fully saturated rings.